The second-order valence-electron chi connectivity index (χ2n) is 7.45. The Bertz CT molecular complexity index is 1140. The van der Waals surface area contributed by atoms with Crippen LogP contribution in [0.2, 0.25) is 5.15 Å². The number of nitrogens with two attached hydrogens (primary N) is 1. The molecule has 4 atom stereocenters. The number of nitrogens with zero attached hydrogens (tertiary/aromatic N) is 2. The first-order chi connectivity index (χ1) is 14.8. The van der Waals surface area contributed by atoms with E-state index in [1.54, 1.807) is 31.3 Å². The van der Waals surface area contributed by atoms with Gasteiger partial charge in [-0.15, -0.1) is 0 Å². The number of benzene rings is 1. The minimum atomic E-state index is -1.12. The van der Waals surface area contributed by atoms with E-state index in [1.807, 2.05) is 0 Å². The number of aromatic nitrogens is 2. The number of nitrogens with one attached hydrogen (secondary N) is 2. The topological polar surface area (TPSA) is 167 Å². The average molecular weight is 448 g/mol. The lowest BCUT2D eigenvalue weighted by molar-refractivity contribution is 0.00446. The molecule has 1 amide bonds. The number of hydrogen-bond acceptors (Lipinski definition) is 9. The van der Waals surface area contributed by atoms with Crippen LogP contribution in [-0.4, -0.2) is 63.1 Å². The van der Waals surface area contributed by atoms with Crippen LogP contribution in [0, 0.1) is 5.92 Å². The molecule has 1 fully saturated rings. The molecule has 0 spiro atoms. The Hall–Kier alpha value is -2.92. The van der Waals surface area contributed by atoms with Crippen LogP contribution in [-0.2, 0) is 0 Å². The molecule has 1 aliphatic rings. The van der Waals surface area contributed by atoms with Crippen LogP contribution >= 0.6 is 11.6 Å². The van der Waals surface area contributed by atoms with Crippen molar-refractivity contribution in [1.29, 1.82) is 0 Å². The summed E-state index contributed by atoms with van der Waals surface area (Å²) in [6.07, 6.45) is -1.88. The molecule has 11 heteroatoms. The van der Waals surface area contributed by atoms with Crippen LogP contribution in [0.5, 0.6) is 0 Å². The van der Waals surface area contributed by atoms with Crippen LogP contribution in [0.1, 0.15) is 16.8 Å². The molecule has 31 heavy (non-hydrogen) atoms. The largest absolute Gasteiger partial charge is 0.456 e. The third-order valence-electron chi connectivity index (χ3n) is 5.49. The molecule has 0 unspecified atom stereocenters. The Morgan fingerprint density at radius 2 is 2.06 bits per heavy atom. The molecule has 0 bridgehead atoms. The van der Waals surface area contributed by atoms with E-state index >= 15 is 0 Å². The van der Waals surface area contributed by atoms with E-state index in [4.69, 9.17) is 21.8 Å². The third kappa shape index (κ3) is 3.90. The fourth-order valence-corrected chi connectivity index (χ4v) is 4.12. The summed E-state index contributed by atoms with van der Waals surface area (Å²) in [7, 11) is 1.55. The molecule has 3 aromatic rings. The highest BCUT2D eigenvalue weighted by Crippen LogP contribution is 2.38. The number of nitrogen functional groups attached to an aromatic ring is 1. The van der Waals surface area contributed by atoms with Gasteiger partial charge in [-0.1, -0.05) is 11.6 Å². The second-order valence-corrected chi connectivity index (χ2v) is 7.81. The molecule has 1 aromatic carbocycles. The van der Waals surface area contributed by atoms with Gasteiger partial charge in [-0.3, -0.25) is 4.79 Å². The maximum Gasteiger partial charge on any atom is 0.251 e. The Morgan fingerprint density at radius 3 is 2.74 bits per heavy atom. The summed E-state index contributed by atoms with van der Waals surface area (Å²) in [5.74, 6) is -0.227. The minimum absolute atomic E-state index is 0.0346. The average Bonchev–Trinajstić information content (AvgIpc) is 3.27. The second kappa shape index (κ2) is 8.31. The molecule has 164 valence electrons. The van der Waals surface area contributed by atoms with Crippen LogP contribution in [0.3, 0.4) is 0 Å². The summed E-state index contributed by atoms with van der Waals surface area (Å²) >= 11 is 6.36. The zero-order valence-electron chi connectivity index (χ0n) is 16.5. The lowest BCUT2D eigenvalue weighted by Crippen LogP contribution is -2.35. The third-order valence-corrected chi connectivity index (χ3v) is 5.77. The van der Waals surface area contributed by atoms with Gasteiger partial charge in [-0.2, -0.15) is 4.98 Å². The molecule has 1 saturated carbocycles. The predicted octanol–water partition coefficient (Wildman–Crippen LogP) is 0.999. The van der Waals surface area contributed by atoms with Crippen molar-refractivity contribution in [2.75, 3.05) is 24.7 Å². The van der Waals surface area contributed by atoms with Crippen molar-refractivity contribution in [3.05, 3.63) is 35.0 Å². The number of carbonyl (C=O) groups excluding carboxylic acids is 1. The molecule has 0 saturated heterocycles. The van der Waals surface area contributed by atoms with Crippen molar-refractivity contribution in [1.82, 2.24) is 15.3 Å². The fourth-order valence-electron chi connectivity index (χ4n) is 3.85. The van der Waals surface area contributed by atoms with Gasteiger partial charge in [0.05, 0.1) is 17.7 Å². The van der Waals surface area contributed by atoms with Crippen molar-refractivity contribution < 1.29 is 24.5 Å². The first kappa shape index (κ1) is 21.3. The molecule has 7 N–H and O–H groups in total. The summed E-state index contributed by atoms with van der Waals surface area (Å²) in [6.45, 7) is -0.257. The van der Waals surface area contributed by atoms with Gasteiger partial charge in [0.1, 0.15) is 28.4 Å². The maximum absolute atomic E-state index is 11.9. The van der Waals surface area contributed by atoms with Crippen molar-refractivity contribution >= 4 is 40.2 Å². The zero-order valence-corrected chi connectivity index (χ0v) is 17.3. The van der Waals surface area contributed by atoms with E-state index in [9.17, 15) is 20.1 Å². The zero-order chi connectivity index (χ0) is 22.3. The highest BCUT2D eigenvalue weighted by Gasteiger charge is 2.41. The van der Waals surface area contributed by atoms with Gasteiger partial charge in [-0.25, -0.2) is 4.98 Å². The number of aliphatic hydroxyl groups excluding tert-OH is 3. The van der Waals surface area contributed by atoms with E-state index in [1.165, 1.54) is 0 Å². The Morgan fingerprint density at radius 1 is 1.29 bits per heavy atom. The summed E-state index contributed by atoms with van der Waals surface area (Å²) in [5.41, 5.74) is 7.08. The van der Waals surface area contributed by atoms with E-state index in [0.29, 0.717) is 34.3 Å². The van der Waals surface area contributed by atoms with Crippen LogP contribution in [0.25, 0.3) is 22.3 Å². The molecule has 2 aromatic heterocycles. The fraction of sp³-hybridized carbons (Fsp3) is 0.350. The lowest BCUT2D eigenvalue weighted by Gasteiger charge is -2.20. The molecule has 10 nitrogen and oxygen atoms in total. The molecular formula is C20H22ClN5O5. The van der Waals surface area contributed by atoms with Crippen molar-refractivity contribution in [3.8, 4) is 11.3 Å². The van der Waals surface area contributed by atoms with Crippen LogP contribution in [0.15, 0.2) is 28.7 Å². The van der Waals surface area contributed by atoms with Gasteiger partial charge in [0.25, 0.3) is 5.91 Å². The van der Waals surface area contributed by atoms with Crippen molar-refractivity contribution in [3.63, 3.8) is 0 Å². The standard InChI is InChI=1S/C20H22ClN5O5/c1-23-19(30)8-2-3-12-9(4-8)6-13(31-12)14-17(21)25-20(22)26-18(14)24-11-5-10(7-27)15(28)16(11)29/h2-4,6,10-11,15-16,27-29H,5,7H2,1H3,(H,23,30)(H3,22,24,25,26)/t10-,11-,15-,16+/m1/s1. The molecule has 0 radical (unpaired) electrons. The Labute approximate surface area is 182 Å². The smallest absolute Gasteiger partial charge is 0.251 e. The maximum atomic E-state index is 11.9. The summed E-state index contributed by atoms with van der Waals surface area (Å²) < 4.78 is 5.91. The number of amides is 1. The molecule has 1 aliphatic carbocycles. The molecular weight excluding hydrogens is 426 g/mol. The number of carbonyl (C=O) groups is 1. The molecule has 0 aliphatic heterocycles. The highest BCUT2D eigenvalue weighted by molar-refractivity contribution is 6.32. The first-order valence-corrected chi connectivity index (χ1v) is 10.0. The van der Waals surface area contributed by atoms with Gasteiger partial charge in [0, 0.05) is 30.5 Å². The van der Waals surface area contributed by atoms with E-state index in [2.05, 4.69) is 20.6 Å². The van der Waals surface area contributed by atoms with Gasteiger partial charge in [0.15, 0.2) is 0 Å². The highest BCUT2D eigenvalue weighted by atomic mass is 35.5. The number of rotatable bonds is 5. The van der Waals surface area contributed by atoms with Crippen molar-refractivity contribution in [2.45, 2.75) is 24.7 Å². The normalized spacial score (nSPS) is 23.3. The van der Waals surface area contributed by atoms with Crippen LogP contribution in [0.4, 0.5) is 11.8 Å². The van der Waals surface area contributed by atoms with E-state index in [-0.39, 0.29) is 29.4 Å². The van der Waals surface area contributed by atoms with Gasteiger partial charge >= 0.3 is 0 Å². The van der Waals surface area contributed by atoms with Gasteiger partial charge in [-0.05, 0) is 30.7 Å². The molecule has 4 rings (SSSR count). The number of hydrogen-bond donors (Lipinski definition) is 6. The number of fused-ring (bicyclic) bond motifs is 1. The first-order valence-electron chi connectivity index (χ1n) is 9.65. The van der Waals surface area contributed by atoms with E-state index in [0.717, 1.165) is 0 Å². The van der Waals surface area contributed by atoms with Crippen molar-refractivity contribution in [2.24, 2.45) is 5.92 Å². The monoisotopic (exact) mass is 447 g/mol. The number of furan rings is 1. The SMILES string of the molecule is CNC(=O)c1ccc2oc(-c3c(Cl)nc(N)nc3N[C@@H]3C[C@H](CO)[C@@H](O)[C@H]3O)cc2c1. The molecule has 2 heterocycles. The Balaban J connectivity index is 1.74. The van der Waals surface area contributed by atoms with Gasteiger partial charge < -0.3 is 36.1 Å². The summed E-state index contributed by atoms with van der Waals surface area (Å²) in [4.78, 5) is 20.1. The lowest BCUT2D eigenvalue weighted by atomic mass is 10.1. The quantitative estimate of drug-likeness (QED) is 0.312. The summed E-state index contributed by atoms with van der Waals surface area (Å²) in [6, 6.07) is 6.10. The van der Waals surface area contributed by atoms with Crippen LogP contribution < -0.4 is 16.4 Å². The predicted molar refractivity (Wildman–Crippen MR) is 115 cm³/mol. The number of anilines is 2. The number of halogens is 1. The summed E-state index contributed by atoms with van der Waals surface area (Å²) in [5, 5.41) is 36.2. The Kier molecular flexibility index (Phi) is 5.71. The van der Waals surface area contributed by atoms with E-state index < -0.39 is 24.2 Å². The van der Waals surface area contributed by atoms with Gasteiger partial charge in [0.2, 0.25) is 5.95 Å². The number of aliphatic hydroxyl groups is 3. The minimum Gasteiger partial charge on any atom is -0.456 e.